The van der Waals surface area contributed by atoms with Crippen LogP contribution >= 0.6 is 43.2 Å². The standard InChI is InChI=1S/C25H17Br2NO5S/c26-19-10-15(17-8-9-34-24(17)25(32)28-13-22(30)31)11-20(27)23(19)33-16-6-7-21(29)18(12-16)14-4-2-1-3-5-14/h1-12,29H,13H2,(H,28,32)(H,30,31). The van der Waals surface area contributed by atoms with Gasteiger partial charge in [0.25, 0.3) is 5.91 Å². The van der Waals surface area contributed by atoms with Gasteiger partial charge in [0.2, 0.25) is 0 Å². The number of halogens is 2. The van der Waals surface area contributed by atoms with Crippen LogP contribution in [-0.4, -0.2) is 28.6 Å². The molecule has 0 aliphatic heterocycles. The maximum Gasteiger partial charge on any atom is 0.322 e. The minimum Gasteiger partial charge on any atom is -0.507 e. The van der Waals surface area contributed by atoms with Crippen LogP contribution in [0.3, 0.4) is 0 Å². The van der Waals surface area contributed by atoms with Gasteiger partial charge in [0.1, 0.15) is 18.0 Å². The molecule has 0 radical (unpaired) electrons. The monoisotopic (exact) mass is 601 g/mol. The van der Waals surface area contributed by atoms with Crippen molar-refractivity contribution >= 4 is 55.1 Å². The van der Waals surface area contributed by atoms with Gasteiger partial charge in [0.15, 0.2) is 5.75 Å². The summed E-state index contributed by atoms with van der Waals surface area (Å²) in [6.07, 6.45) is 0. The van der Waals surface area contributed by atoms with Gasteiger partial charge in [-0.05, 0) is 84.8 Å². The number of rotatable bonds is 7. The number of ether oxygens (including phenoxy) is 1. The highest BCUT2D eigenvalue weighted by Gasteiger charge is 2.19. The van der Waals surface area contributed by atoms with E-state index in [9.17, 15) is 14.7 Å². The van der Waals surface area contributed by atoms with Gasteiger partial charge in [-0.15, -0.1) is 11.3 Å². The minimum absolute atomic E-state index is 0.151. The minimum atomic E-state index is -1.11. The summed E-state index contributed by atoms with van der Waals surface area (Å²) in [5.74, 6) is -0.338. The number of hydrogen-bond acceptors (Lipinski definition) is 5. The number of aromatic hydroxyl groups is 1. The second kappa shape index (κ2) is 10.4. The molecule has 1 aromatic heterocycles. The van der Waals surface area contributed by atoms with Crippen LogP contribution in [0.1, 0.15) is 9.67 Å². The fourth-order valence-corrected chi connectivity index (χ4v) is 5.49. The lowest BCUT2D eigenvalue weighted by atomic mass is 10.0. The van der Waals surface area contributed by atoms with E-state index in [0.717, 1.165) is 11.1 Å². The molecule has 1 amide bonds. The van der Waals surface area contributed by atoms with Gasteiger partial charge in [-0.2, -0.15) is 0 Å². The van der Waals surface area contributed by atoms with Crippen molar-refractivity contribution in [2.45, 2.75) is 0 Å². The van der Waals surface area contributed by atoms with Gasteiger partial charge in [0, 0.05) is 11.1 Å². The molecular weight excluding hydrogens is 586 g/mol. The molecule has 0 bridgehead atoms. The second-order valence-corrected chi connectivity index (χ2v) is 9.78. The van der Waals surface area contributed by atoms with Crippen LogP contribution in [0.25, 0.3) is 22.3 Å². The maximum atomic E-state index is 12.4. The van der Waals surface area contributed by atoms with Crippen molar-refractivity contribution < 1.29 is 24.5 Å². The Morgan fingerprint density at radius 2 is 1.62 bits per heavy atom. The summed E-state index contributed by atoms with van der Waals surface area (Å²) in [4.78, 5) is 23.6. The quantitative estimate of drug-likeness (QED) is 0.213. The third kappa shape index (κ3) is 5.32. The maximum absolute atomic E-state index is 12.4. The smallest absolute Gasteiger partial charge is 0.322 e. The van der Waals surface area contributed by atoms with E-state index in [1.165, 1.54) is 11.3 Å². The molecule has 3 aromatic carbocycles. The number of amides is 1. The van der Waals surface area contributed by atoms with Crippen molar-refractivity contribution in [2.24, 2.45) is 0 Å². The average Bonchev–Trinajstić information content (AvgIpc) is 3.31. The van der Waals surface area contributed by atoms with Crippen molar-refractivity contribution in [3.05, 3.63) is 85.9 Å². The van der Waals surface area contributed by atoms with Crippen molar-refractivity contribution in [2.75, 3.05) is 6.54 Å². The molecule has 34 heavy (non-hydrogen) atoms. The van der Waals surface area contributed by atoms with E-state index in [1.54, 1.807) is 29.6 Å². The predicted molar refractivity (Wildman–Crippen MR) is 139 cm³/mol. The first-order valence-corrected chi connectivity index (χ1v) is 12.4. The Morgan fingerprint density at radius 1 is 0.912 bits per heavy atom. The molecule has 0 saturated carbocycles. The van der Waals surface area contributed by atoms with Crippen LogP contribution in [0.5, 0.6) is 17.2 Å². The third-order valence-corrected chi connectivity index (χ3v) is 6.94. The largest absolute Gasteiger partial charge is 0.507 e. The van der Waals surface area contributed by atoms with Crippen molar-refractivity contribution in [3.8, 4) is 39.5 Å². The van der Waals surface area contributed by atoms with Crippen molar-refractivity contribution in [1.82, 2.24) is 5.32 Å². The Kier molecular flexibility index (Phi) is 7.35. The molecule has 0 unspecified atom stereocenters. The van der Waals surface area contributed by atoms with Gasteiger partial charge >= 0.3 is 5.97 Å². The summed E-state index contributed by atoms with van der Waals surface area (Å²) in [7, 11) is 0. The molecule has 172 valence electrons. The summed E-state index contributed by atoms with van der Waals surface area (Å²) >= 11 is 8.34. The van der Waals surface area contributed by atoms with Crippen LogP contribution in [0.15, 0.2) is 81.1 Å². The molecule has 9 heteroatoms. The molecule has 4 aromatic rings. The zero-order chi connectivity index (χ0) is 24.2. The second-order valence-electron chi connectivity index (χ2n) is 7.16. The molecule has 1 heterocycles. The molecule has 4 rings (SSSR count). The predicted octanol–water partition coefficient (Wildman–Crippen LogP) is 6.92. The number of thiophene rings is 1. The third-order valence-electron chi connectivity index (χ3n) is 4.85. The number of phenolic OH excluding ortho intramolecular Hbond substituents is 1. The summed E-state index contributed by atoms with van der Waals surface area (Å²) < 4.78 is 7.42. The first kappa shape index (κ1) is 24.0. The lowest BCUT2D eigenvalue weighted by molar-refractivity contribution is -0.135. The molecule has 0 fully saturated rings. The number of hydrogen-bond donors (Lipinski definition) is 3. The number of benzene rings is 3. The highest BCUT2D eigenvalue weighted by molar-refractivity contribution is 9.11. The molecule has 0 atom stereocenters. The van der Waals surface area contributed by atoms with E-state index in [4.69, 9.17) is 9.84 Å². The summed E-state index contributed by atoms with van der Waals surface area (Å²) in [6, 6.07) is 20.0. The number of aliphatic carboxylic acids is 1. The molecule has 0 aliphatic rings. The fraction of sp³-hybridized carbons (Fsp3) is 0.0400. The number of carbonyl (C=O) groups is 2. The molecule has 6 nitrogen and oxygen atoms in total. The topological polar surface area (TPSA) is 95.9 Å². The first-order chi connectivity index (χ1) is 16.3. The van der Waals surface area contributed by atoms with Crippen LogP contribution < -0.4 is 10.1 Å². The van der Waals surface area contributed by atoms with E-state index in [2.05, 4.69) is 37.2 Å². The number of carboxylic acids is 1. The lowest BCUT2D eigenvalue weighted by Crippen LogP contribution is -2.28. The molecule has 0 saturated heterocycles. The molecule has 0 aliphatic carbocycles. The van der Waals surface area contributed by atoms with Crippen LogP contribution in [-0.2, 0) is 4.79 Å². The Balaban J connectivity index is 1.63. The lowest BCUT2D eigenvalue weighted by Gasteiger charge is -2.14. The molecular formula is C25H17Br2NO5S. The van der Waals surface area contributed by atoms with E-state index in [-0.39, 0.29) is 5.75 Å². The zero-order valence-electron chi connectivity index (χ0n) is 17.4. The van der Waals surface area contributed by atoms with Crippen LogP contribution in [0.4, 0.5) is 0 Å². The van der Waals surface area contributed by atoms with Gasteiger partial charge in [-0.3, -0.25) is 9.59 Å². The molecule has 3 N–H and O–H groups in total. The van der Waals surface area contributed by atoms with Gasteiger partial charge < -0.3 is 20.3 Å². The Morgan fingerprint density at radius 3 is 2.29 bits per heavy atom. The normalized spacial score (nSPS) is 10.6. The number of phenols is 1. The highest BCUT2D eigenvalue weighted by Crippen LogP contribution is 2.43. The summed E-state index contributed by atoms with van der Waals surface area (Å²) in [5.41, 5.74) is 2.95. The Hall–Kier alpha value is -3.14. The zero-order valence-corrected chi connectivity index (χ0v) is 21.4. The van der Waals surface area contributed by atoms with Gasteiger partial charge in [-0.25, -0.2) is 0 Å². The van der Waals surface area contributed by atoms with E-state index < -0.39 is 18.4 Å². The number of nitrogens with one attached hydrogen (secondary N) is 1. The summed E-state index contributed by atoms with van der Waals surface area (Å²) in [6.45, 7) is -0.450. The van der Waals surface area contributed by atoms with E-state index in [0.29, 0.717) is 36.4 Å². The van der Waals surface area contributed by atoms with Crippen LogP contribution in [0, 0.1) is 0 Å². The van der Waals surface area contributed by atoms with Crippen molar-refractivity contribution in [1.29, 1.82) is 0 Å². The van der Waals surface area contributed by atoms with Gasteiger partial charge in [0.05, 0.1) is 13.8 Å². The fourth-order valence-electron chi connectivity index (χ4n) is 3.31. The van der Waals surface area contributed by atoms with Crippen molar-refractivity contribution in [3.63, 3.8) is 0 Å². The Bertz CT molecular complexity index is 1350. The highest BCUT2D eigenvalue weighted by atomic mass is 79.9. The van der Waals surface area contributed by atoms with Crippen LogP contribution in [0.2, 0.25) is 0 Å². The SMILES string of the molecule is O=C(O)CNC(=O)c1sccc1-c1cc(Br)c(Oc2ccc(O)c(-c3ccccc3)c2)c(Br)c1. The number of carbonyl (C=O) groups excluding carboxylic acids is 1. The number of carboxylic acid groups (broad SMARTS) is 1. The van der Waals surface area contributed by atoms with E-state index >= 15 is 0 Å². The average molecular weight is 603 g/mol. The first-order valence-electron chi connectivity index (χ1n) is 9.96. The van der Waals surface area contributed by atoms with Gasteiger partial charge in [-0.1, -0.05) is 30.3 Å². The Labute approximate surface area is 216 Å². The molecule has 0 spiro atoms. The van der Waals surface area contributed by atoms with E-state index in [1.807, 2.05) is 42.5 Å². The summed E-state index contributed by atoms with van der Waals surface area (Å²) in [5, 5.41) is 23.3.